The van der Waals surface area contributed by atoms with Crippen LogP contribution in [-0.4, -0.2) is 26.6 Å². The zero-order chi connectivity index (χ0) is 21.9. The van der Waals surface area contributed by atoms with Crippen molar-refractivity contribution >= 4 is 11.8 Å². The van der Waals surface area contributed by atoms with Crippen LogP contribution in [0, 0.1) is 6.92 Å². The fourth-order valence-electron chi connectivity index (χ4n) is 2.58. The molecule has 0 aliphatic rings. The van der Waals surface area contributed by atoms with Crippen LogP contribution in [0.2, 0.25) is 0 Å². The molecule has 1 aromatic carbocycles. The molecule has 2 heterocycles. The van der Waals surface area contributed by atoms with Crippen molar-refractivity contribution < 1.29 is 22.8 Å². The van der Waals surface area contributed by atoms with E-state index in [4.69, 9.17) is 0 Å². The molecule has 0 radical (unpaired) electrons. The van der Waals surface area contributed by atoms with Crippen molar-refractivity contribution in [1.29, 1.82) is 0 Å². The Morgan fingerprint density at radius 2 is 1.67 bits per heavy atom. The summed E-state index contributed by atoms with van der Waals surface area (Å²) in [5.74, 6) is -1.85. The number of hydrogen-bond donors (Lipinski definition) is 2. The number of amides is 2. The number of nitrogens with one attached hydrogen (secondary N) is 2. The van der Waals surface area contributed by atoms with E-state index in [-0.39, 0.29) is 17.1 Å². The monoisotopic (exact) mass is 417 g/mol. The molecular formula is C19H14F3N5O3. The van der Waals surface area contributed by atoms with Crippen molar-refractivity contribution in [2.24, 2.45) is 0 Å². The molecule has 2 N–H and O–H groups in total. The van der Waals surface area contributed by atoms with Gasteiger partial charge in [-0.15, -0.1) is 0 Å². The molecule has 0 spiro atoms. The van der Waals surface area contributed by atoms with Crippen LogP contribution in [0.5, 0.6) is 0 Å². The fourth-order valence-corrected chi connectivity index (χ4v) is 2.58. The number of pyridine rings is 1. The minimum atomic E-state index is -4.67. The van der Waals surface area contributed by atoms with Gasteiger partial charge in [-0.1, -0.05) is 18.2 Å². The van der Waals surface area contributed by atoms with E-state index in [9.17, 15) is 27.6 Å². The Bertz CT molecular complexity index is 1160. The highest BCUT2D eigenvalue weighted by atomic mass is 19.4. The van der Waals surface area contributed by atoms with Crippen molar-refractivity contribution in [3.63, 3.8) is 0 Å². The number of benzene rings is 1. The van der Waals surface area contributed by atoms with Crippen LogP contribution in [0.25, 0.3) is 5.69 Å². The molecule has 0 atom stereocenters. The Balaban J connectivity index is 1.92. The summed E-state index contributed by atoms with van der Waals surface area (Å²) in [6, 6.07) is 10.1. The molecular weight excluding hydrogens is 403 g/mol. The molecule has 30 heavy (non-hydrogen) atoms. The number of para-hydroxylation sites is 1. The first-order chi connectivity index (χ1) is 14.2. The smallest absolute Gasteiger partial charge is 0.287 e. The van der Waals surface area contributed by atoms with E-state index >= 15 is 0 Å². The Hall–Kier alpha value is -4.02. The van der Waals surface area contributed by atoms with E-state index in [1.807, 2.05) is 5.43 Å². The van der Waals surface area contributed by atoms with Crippen LogP contribution in [-0.2, 0) is 6.18 Å². The number of halogens is 3. The molecule has 0 fully saturated rings. The van der Waals surface area contributed by atoms with E-state index in [2.05, 4.69) is 15.5 Å². The molecule has 8 nitrogen and oxygen atoms in total. The van der Waals surface area contributed by atoms with Gasteiger partial charge in [-0.25, -0.2) is 4.68 Å². The van der Waals surface area contributed by atoms with Gasteiger partial charge in [0.15, 0.2) is 5.69 Å². The van der Waals surface area contributed by atoms with Gasteiger partial charge in [0, 0.05) is 18.0 Å². The maximum Gasteiger partial charge on any atom is 0.418 e. The molecule has 0 saturated carbocycles. The Labute approximate surface area is 167 Å². The molecule has 0 aliphatic heterocycles. The van der Waals surface area contributed by atoms with Crippen LogP contribution >= 0.6 is 0 Å². The third-order valence-electron chi connectivity index (χ3n) is 3.95. The second kappa shape index (κ2) is 8.15. The van der Waals surface area contributed by atoms with Crippen LogP contribution in [0.4, 0.5) is 13.2 Å². The Morgan fingerprint density at radius 3 is 2.33 bits per heavy atom. The summed E-state index contributed by atoms with van der Waals surface area (Å²) in [5, 5.41) is 3.79. The third kappa shape index (κ3) is 4.35. The lowest BCUT2D eigenvalue weighted by atomic mass is 10.1. The van der Waals surface area contributed by atoms with E-state index in [0.717, 1.165) is 22.9 Å². The quantitative estimate of drug-likeness (QED) is 0.635. The molecule has 0 aliphatic carbocycles. The normalized spacial score (nSPS) is 11.1. The Kier molecular flexibility index (Phi) is 5.63. The van der Waals surface area contributed by atoms with Gasteiger partial charge in [0.1, 0.15) is 5.69 Å². The standard InChI is InChI=1S/C19H14F3N5O3/c1-11-10-15(28)16(18(30)25-24-17(29)13-7-4-5-9-23-13)26-27(11)14-8-3-2-6-12(14)19(20,21)22/h2-10H,1H3,(H,24,29)(H,25,30). The Morgan fingerprint density at radius 1 is 1.00 bits per heavy atom. The third-order valence-corrected chi connectivity index (χ3v) is 3.95. The fraction of sp³-hybridized carbons (Fsp3) is 0.105. The van der Waals surface area contributed by atoms with Crippen molar-refractivity contribution in [3.05, 3.63) is 87.6 Å². The second-order valence-corrected chi connectivity index (χ2v) is 6.05. The van der Waals surface area contributed by atoms with Gasteiger partial charge in [-0.2, -0.15) is 18.3 Å². The molecule has 2 aromatic heterocycles. The van der Waals surface area contributed by atoms with E-state index in [1.54, 1.807) is 12.1 Å². The van der Waals surface area contributed by atoms with Gasteiger partial charge in [0.25, 0.3) is 11.8 Å². The summed E-state index contributed by atoms with van der Waals surface area (Å²) in [6.45, 7) is 1.38. The lowest BCUT2D eigenvalue weighted by Crippen LogP contribution is -2.44. The summed E-state index contributed by atoms with van der Waals surface area (Å²) < 4.78 is 40.9. The van der Waals surface area contributed by atoms with Crippen molar-refractivity contribution in [2.75, 3.05) is 0 Å². The van der Waals surface area contributed by atoms with Crippen LogP contribution in [0.1, 0.15) is 32.2 Å². The van der Waals surface area contributed by atoms with Gasteiger partial charge >= 0.3 is 6.18 Å². The number of rotatable bonds is 3. The highest BCUT2D eigenvalue weighted by Gasteiger charge is 2.34. The average Bonchev–Trinajstić information content (AvgIpc) is 2.72. The average molecular weight is 417 g/mol. The van der Waals surface area contributed by atoms with Crippen molar-refractivity contribution in [3.8, 4) is 5.69 Å². The van der Waals surface area contributed by atoms with Gasteiger partial charge in [-0.05, 0) is 31.2 Å². The highest BCUT2D eigenvalue weighted by molar-refractivity contribution is 5.97. The molecule has 0 saturated heterocycles. The summed E-state index contributed by atoms with van der Waals surface area (Å²) in [7, 11) is 0. The first kappa shape index (κ1) is 20.7. The molecule has 3 aromatic rings. The first-order valence-corrected chi connectivity index (χ1v) is 8.48. The van der Waals surface area contributed by atoms with Gasteiger partial charge < -0.3 is 0 Å². The highest BCUT2D eigenvalue weighted by Crippen LogP contribution is 2.33. The predicted molar refractivity (Wildman–Crippen MR) is 98.7 cm³/mol. The number of carbonyl (C=O) groups is 2. The molecule has 154 valence electrons. The maximum atomic E-state index is 13.3. The SMILES string of the molecule is Cc1cc(=O)c(C(=O)NNC(=O)c2ccccn2)nn1-c1ccccc1C(F)(F)F. The lowest BCUT2D eigenvalue weighted by molar-refractivity contribution is -0.137. The van der Waals surface area contributed by atoms with E-state index in [0.29, 0.717) is 0 Å². The van der Waals surface area contributed by atoms with E-state index < -0.39 is 34.7 Å². The van der Waals surface area contributed by atoms with E-state index in [1.165, 1.54) is 31.3 Å². The minimum absolute atomic E-state index is 0.00572. The number of carbonyl (C=O) groups excluding carboxylic acids is 2. The largest absolute Gasteiger partial charge is 0.418 e. The van der Waals surface area contributed by atoms with Gasteiger partial charge in [0.05, 0.1) is 11.3 Å². The van der Waals surface area contributed by atoms with Crippen molar-refractivity contribution in [2.45, 2.75) is 13.1 Å². The van der Waals surface area contributed by atoms with Crippen LogP contribution in [0.15, 0.2) is 59.5 Å². The topological polar surface area (TPSA) is 106 Å². The number of aromatic nitrogens is 3. The maximum absolute atomic E-state index is 13.3. The molecule has 11 heteroatoms. The van der Waals surface area contributed by atoms with Gasteiger partial charge in [-0.3, -0.25) is 30.2 Å². The summed E-state index contributed by atoms with van der Waals surface area (Å²) in [5.41, 5.74) is 1.31. The van der Waals surface area contributed by atoms with Crippen molar-refractivity contribution in [1.82, 2.24) is 25.6 Å². The molecule has 3 rings (SSSR count). The second-order valence-electron chi connectivity index (χ2n) is 6.05. The van der Waals surface area contributed by atoms with Crippen LogP contribution < -0.4 is 16.3 Å². The molecule has 0 bridgehead atoms. The summed E-state index contributed by atoms with van der Waals surface area (Å²) >= 11 is 0. The number of aryl methyl sites for hydroxylation is 1. The number of hydrogen-bond acceptors (Lipinski definition) is 5. The lowest BCUT2D eigenvalue weighted by Gasteiger charge is -2.16. The summed E-state index contributed by atoms with van der Waals surface area (Å²) in [6.07, 6.45) is -3.30. The summed E-state index contributed by atoms with van der Waals surface area (Å²) in [4.78, 5) is 40.3. The first-order valence-electron chi connectivity index (χ1n) is 8.48. The van der Waals surface area contributed by atoms with Gasteiger partial charge in [0.2, 0.25) is 5.43 Å². The zero-order valence-electron chi connectivity index (χ0n) is 15.4. The minimum Gasteiger partial charge on any atom is -0.287 e. The van der Waals surface area contributed by atoms with Crippen LogP contribution in [0.3, 0.4) is 0 Å². The number of hydrazine groups is 1. The number of alkyl halides is 3. The number of nitrogens with zero attached hydrogens (tertiary/aromatic N) is 3. The molecule has 2 amide bonds. The zero-order valence-corrected chi connectivity index (χ0v) is 15.4. The predicted octanol–water partition coefficient (Wildman–Crippen LogP) is 2.03. The molecule has 0 unspecified atom stereocenters.